The molecule has 0 atom stereocenters. The molecule has 0 spiro atoms. The first-order valence-electron chi connectivity index (χ1n) is 8.74. The number of carbonyl (C=O) groups is 2. The van der Waals surface area contributed by atoms with Crippen molar-refractivity contribution in [3.63, 3.8) is 0 Å². The zero-order valence-electron chi connectivity index (χ0n) is 15.4. The minimum Gasteiger partial charge on any atom is -0.465 e. The van der Waals surface area contributed by atoms with Gasteiger partial charge in [-0.15, -0.1) is 0 Å². The van der Waals surface area contributed by atoms with Crippen LogP contribution < -0.4 is 10.2 Å². The van der Waals surface area contributed by atoms with Crippen LogP contribution in [-0.2, 0) is 4.74 Å². The van der Waals surface area contributed by atoms with Crippen molar-refractivity contribution >= 4 is 35.0 Å². The standard InChI is InChI=1S/C20H22ClN3O3/c1-14-7-8-15(13-17(14)21)23-9-11-24(12-10-23)20(26)22-18-6-4-3-5-16(18)19(25)27-2/h3-8,13H,9-12H2,1-2H3,(H,22,26). The maximum absolute atomic E-state index is 12.6. The Morgan fingerprint density at radius 1 is 1.07 bits per heavy atom. The summed E-state index contributed by atoms with van der Waals surface area (Å²) in [7, 11) is 1.32. The lowest BCUT2D eigenvalue weighted by Crippen LogP contribution is -2.50. The van der Waals surface area contributed by atoms with Crippen LogP contribution >= 0.6 is 11.6 Å². The number of para-hydroxylation sites is 1. The van der Waals surface area contributed by atoms with Gasteiger partial charge in [-0.05, 0) is 36.8 Å². The average Bonchev–Trinajstić information content (AvgIpc) is 2.70. The Morgan fingerprint density at radius 3 is 2.44 bits per heavy atom. The molecular formula is C20H22ClN3O3. The topological polar surface area (TPSA) is 61.9 Å². The van der Waals surface area contributed by atoms with Gasteiger partial charge < -0.3 is 19.9 Å². The molecule has 1 heterocycles. The second kappa shape index (κ2) is 8.31. The molecule has 0 radical (unpaired) electrons. The van der Waals surface area contributed by atoms with Crippen molar-refractivity contribution in [2.75, 3.05) is 43.5 Å². The Bertz CT molecular complexity index is 848. The van der Waals surface area contributed by atoms with E-state index in [9.17, 15) is 9.59 Å². The normalized spacial score (nSPS) is 14.0. The predicted octanol–water partition coefficient (Wildman–Crippen LogP) is 3.79. The summed E-state index contributed by atoms with van der Waals surface area (Å²) in [5.74, 6) is -0.480. The SMILES string of the molecule is COC(=O)c1ccccc1NC(=O)N1CCN(c2ccc(C)c(Cl)c2)CC1. The molecule has 2 aromatic rings. The molecule has 7 heteroatoms. The van der Waals surface area contributed by atoms with Crippen LogP contribution in [0.2, 0.25) is 5.02 Å². The first kappa shape index (κ1) is 19.0. The number of amides is 2. The Labute approximate surface area is 163 Å². The van der Waals surface area contributed by atoms with Gasteiger partial charge in [-0.1, -0.05) is 29.8 Å². The number of benzene rings is 2. The minimum absolute atomic E-state index is 0.229. The molecule has 2 amide bonds. The number of urea groups is 1. The predicted molar refractivity (Wildman–Crippen MR) is 107 cm³/mol. The van der Waals surface area contributed by atoms with Crippen molar-refractivity contribution in [2.45, 2.75) is 6.92 Å². The molecule has 0 aliphatic carbocycles. The highest BCUT2D eigenvalue weighted by molar-refractivity contribution is 6.31. The number of piperazine rings is 1. The molecule has 2 aromatic carbocycles. The van der Waals surface area contributed by atoms with Gasteiger partial charge in [0.15, 0.2) is 0 Å². The average molecular weight is 388 g/mol. The third-order valence-corrected chi connectivity index (χ3v) is 5.07. The zero-order chi connectivity index (χ0) is 19.4. The van der Waals surface area contributed by atoms with E-state index < -0.39 is 5.97 Å². The number of anilines is 2. The molecule has 142 valence electrons. The lowest BCUT2D eigenvalue weighted by molar-refractivity contribution is 0.0602. The number of esters is 1. The lowest BCUT2D eigenvalue weighted by atomic mass is 10.2. The van der Waals surface area contributed by atoms with Gasteiger partial charge in [0, 0.05) is 36.9 Å². The largest absolute Gasteiger partial charge is 0.465 e. The first-order chi connectivity index (χ1) is 13.0. The Balaban J connectivity index is 1.62. The molecule has 3 rings (SSSR count). The van der Waals surface area contributed by atoms with E-state index in [2.05, 4.69) is 10.2 Å². The first-order valence-corrected chi connectivity index (χ1v) is 9.12. The second-order valence-electron chi connectivity index (χ2n) is 6.37. The van der Waals surface area contributed by atoms with Crippen LogP contribution in [0.1, 0.15) is 15.9 Å². The Kier molecular flexibility index (Phi) is 5.86. The Hall–Kier alpha value is -2.73. The number of halogens is 1. The summed E-state index contributed by atoms with van der Waals surface area (Å²) < 4.78 is 4.76. The van der Waals surface area contributed by atoms with Crippen molar-refractivity contribution in [1.82, 2.24) is 4.90 Å². The molecule has 1 aliphatic heterocycles. The zero-order valence-corrected chi connectivity index (χ0v) is 16.1. The number of carbonyl (C=O) groups excluding carboxylic acids is 2. The number of aryl methyl sites for hydroxylation is 1. The highest BCUT2D eigenvalue weighted by Crippen LogP contribution is 2.24. The Morgan fingerprint density at radius 2 is 1.78 bits per heavy atom. The van der Waals surface area contributed by atoms with Crippen molar-refractivity contribution < 1.29 is 14.3 Å². The molecule has 0 saturated carbocycles. The van der Waals surface area contributed by atoms with E-state index >= 15 is 0 Å². The number of rotatable bonds is 3. The number of nitrogens with zero attached hydrogens (tertiary/aromatic N) is 2. The third-order valence-electron chi connectivity index (χ3n) is 4.66. The van der Waals surface area contributed by atoms with E-state index in [0.717, 1.165) is 16.3 Å². The van der Waals surface area contributed by atoms with Crippen molar-refractivity contribution in [1.29, 1.82) is 0 Å². The highest BCUT2D eigenvalue weighted by atomic mass is 35.5. The van der Waals surface area contributed by atoms with Crippen molar-refractivity contribution in [3.05, 3.63) is 58.6 Å². The van der Waals surface area contributed by atoms with Gasteiger partial charge >= 0.3 is 12.0 Å². The summed E-state index contributed by atoms with van der Waals surface area (Å²) in [6.07, 6.45) is 0. The summed E-state index contributed by atoms with van der Waals surface area (Å²) in [6.45, 7) is 4.56. The smallest absolute Gasteiger partial charge is 0.339 e. The summed E-state index contributed by atoms with van der Waals surface area (Å²) >= 11 is 6.22. The van der Waals surface area contributed by atoms with E-state index in [1.807, 2.05) is 25.1 Å². The molecule has 6 nitrogen and oxygen atoms in total. The summed E-state index contributed by atoms with van der Waals surface area (Å²) in [4.78, 5) is 28.4. The monoisotopic (exact) mass is 387 g/mol. The van der Waals surface area contributed by atoms with Crippen LogP contribution in [0.15, 0.2) is 42.5 Å². The van der Waals surface area contributed by atoms with Crippen molar-refractivity contribution in [3.8, 4) is 0 Å². The molecule has 1 fully saturated rings. The molecule has 0 bridgehead atoms. The van der Waals surface area contributed by atoms with Gasteiger partial charge in [-0.25, -0.2) is 9.59 Å². The number of nitrogens with one attached hydrogen (secondary N) is 1. The van der Waals surface area contributed by atoms with Gasteiger partial charge in [-0.3, -0.25) is 0 Å². The highest BCUT2D eigenvalue weighted by Gasteiger charge is 2.23. The summed E-state index contributed by atoms with van der Waals surface area (Å²) in [5, 5.41) is 3.56. The van der Waals surface area contributed by atoms with Crippen LogP contribution in [0.5, 0.6) is 0 Å². The maximum Gasteiger partial charge on any atom is 0.339 e. The van der Waals surface area contributed by atoms with Gasteiger partial charge in [0.1, 0.15) is 0 Å². The number of hydrogen-bond acceptors (Lipinski definition) is 4. The van der Waals surface area contributed by atoms with E-state index in [0.29, 0.717) is 37.4 Å². The van der Waals surface area contributed by atoms with Crippen LogP contribution in [0, 0.1) is 6.92 Å². The quantitative estimate of drug-likeness (QED) is 0.814. The van der Waals surface area contributed by atoms with E-state index in [1.54, 1.807) is 29.2 Å². The second-order valence-corrected chi connectivity index (χ2v) is 6.78. The third kappa shape index (κ3) is 4.34. The summed E-state index contributed by atoms with van der Waals surface area (Å²) in [5.41, 5.74) is 2.88. The molecule has 1 N–H and O–H groups in total. The van der Waals surface area contributed by atoms with E-state index in [-0.39, 0.29) is 6.03 Å². The number of ether oxygens (including phenoxy) is 1. The van der Waals surface area contributed by atoms with Gasteiger partial charge in [-0.2, -0.15) is 0 Å². The maximum atomic E-state index is 12.6. The molecular weight excluding hydrogens is 366 g/mol. The number of hydrogen-bond donors (Lipinski definition) is 1. The van der Waals surface area contributed by atoms with Crippen LogP contribution in [0.25, 0.3) is 0 Å². The minimum atomic E-state index is -0.480. The van der Waals surface area contributed by atoms with E-state index in [4.69, 9.17) is 16.3 Å². The molecule has 0 unspecified atom stereocenters. The number of methoxy groups -OCH3 is 1. The fourth-order valence-corrected chi connectivity index (χ4v) is 3.20. The van der Waals surface area contributed by atoms with Crippen LogP contribution in [0.4, 0.5) is 16.2 Å². The van der Waals surface area contributed by atoms with Gasteiger partial charge in [0.05, 0.1) is 18.4 Å². The molecule has 1 aliphatic rings. The van der Waals surface area contributed by atoms with Crippen molar-refractivity contribution in [2.24, 2.45) is 0 Å². The molecule has 1 saturated heterocycles. The lowest BCUT2D eigenvalue weighted by Gasteiger charge is -2.36. The van der Waals surface area contributed by atoms with E-state index in [1.165, 1.54) is 7.11 Å². The molecule has 0 aromatic heterocycles. The fraction of sp³-hybridized carbons (Fsp3) is 0.300. The fourth-order valence-electron chi connectivity index (χ4n) is 3.02. The summed E-state index contributed by atoms with van der Waals surface area (Å²) in [6, 6.07) is 12.6. The molecule has 27 heavy (non-hydrogen) atoms. The van der Waals surface area contributed by atoms with Gasteiger partial charge in [0.2, 0.25) is 0 Å². The van der Waals surface area contributed by atoms with Crippen LogP contribution in [0.3, 0.4) is 0 Å². The van der Waals surface area contributed by atoms with Crippen LogP contribution in [-0.4, -0.2) is 50.2 Å². The van der Waals surface area contributed by atoms with Gasteiger partial charge in [0.25, 0.3) is 0 Å².